The molecule has 25 heavy (non-hydrogen) atoms. The van der Waals surface area contributed by atoms with E-state index >= 15 is 0 Å². The molecule has 0 radical (unpaired) electrons. The van der Waals surface area contributed by atoms with Crippen molar-refractivity contribution < 1.29 is 14.3 Å². The molecular weight excluding hydrogens is 340 g/mol. The molecule has 0 aliphatic carbocycles. The van der Waals surface area contributed by atoms with E-state index in [-0.39, 0.29) is 24.9 Å². The van der Waals surface area contributed by atoms with Crippen LogP contribution in [0.5, 0.6) is 5.75 Å². The Morgan fingerprint density at radius 2 is 1.80 bits per heavy atom. The van der Waals surface area contributed by atoms with Gasteiger partial charge in [0.25, 0.3) is 0 Å². The lowest BCUT2D eigenvalue weighted by Crippen LogP contribution is -2.36. The van der Waals surface area contributed by atoms with Gasteiger partial charge in [0.05, 0.1) is 12.3 Å². The molecule has 0 saturated heterocycles. The van der Waals surface area contributed by atoms with E-state index in [2.05, 4.69) is 5.32 Å². The monoisotopic (exact) mass is 360 g/mol. The van der Waals surface area contributed by atoms with E-state index in [1.54, 1.807) is 18.2 Å². The Hall–Kier alpha value is -2.53. The summed E-state index contributed by atoms with van der Waals surface area (Å²) in [4.78, 5) is 25.7. The molecule has 2 aromatic rings. The van der Waals surface area contributed by atoms with Crippen LogP contribution in [0, 0.1) is 0 Å². The normalized spacial score (nSPS) is 10.2. The molecule has 0 heterocycles. The number of amides is 2. The third-order valence-electron chi connectivity index (χ3n) is 3.56. The van der Waals surface area contributed by atoms with Gasteiger partial charge in [0.15, 0.2) is 0 Å². The molecule has 0 saturated carbocycles. The third-order valence-corrected chi connectivity index (χ3v) is 3.93. The number of carbonyl (C=O) groups is 2. The maximum absolute atomic E-state index is 12.4. The van der Waals surface area contributed by atoms with Gasteiger partial charge in [0.1, 0.15) is 12.3 Å². The summed E-state index contributed by atoms with van der Waals surface area (Å²) < 4.78 is 5.49. The first-order chi connectivity index (χ1) is 12.0. The number of para-hydroxylation sites is 2. The summed E-state index contributed by atoms with van der Waals surface area (Å²) >= 11 is 6.14. The minimum atomic E-state index is -0.297. The number of carbonyl (C=O) groups excluding carboxylic acids is 2. The number of hydrogen-bond donors (Lipinski definition) is 1. The average molecular weight is 361 g/mol. The van der Waals surface area contributed by atoms with Crippen LogP contribution in [0.2, 0.25) is 5.02 Å². The van der Waals surface area contributed by atoms with Crippen molar-refractivity contribution in [1.82, 2.24) is 4.90 Å². The fourth-order valence-electron chi connectivity index (χ4n) is 2.33. The van der Waals surface area contributed by atoms with Crippen molar-refractivity contribution in [2.24, 2.45) is 0 Å². The third kappa shape index (κ3) is 5.50. The van der Waals surface area contributed by atoms with Gasteiger partial charge >= 0.3 is 0 Å². The van der Waals surface area contributed by atoms with Crippen LogP contribution < -0.4 is 10.1 Å². The first-order valence-electron chi connectivity index (χ1n) is 8.02. The van der Waals surface area contributed by atoms with E-state index in [0.717, 1.165) is 5.56 Å². The second-order valence-corrected chi connectivity index (χ2v) is 5.85. The predicted octanol–water partition coefficient (Wildman–Crippen LogP) is 3.73. The molecule has 5 nitrogen and oxygen atoms in total. The van der Waals surface area contributed by atoms with Crippen LogP contribution in [0.3, 0.4) is 0 Å². The fraction of sp³-hybridized carbons (Fsp3) is 0.263. The van der Waals surface area contributed by atoms with Crippen LogP contribution in [-0.4, -0.2) is 29.9 Å². The number of hydrogen-bond acceptors (Lipinski definition) is 3. The van der Waals surface area contributed by atoms with E-state index in [1.165, 1.54) is 11.8 Å². The molecular formula is C19H21ClN2O3. The highest BCUT2D eigenvalue weighted by Crippen LogP contribution is 2.23. The second kappa shape index (κ2) is 9.08. The minimum Gasteiger partial charge on any atom is -0.492 e. The molecule has 0 atom stereocenters. The molecule has 2 rings (SSSR count). The summed E-state index contributed by atoms with van der Waals surface area (Å²) in [5.41, 5.74) is 1.37. The molecule has 0 aromatic heterocycles. The van der Waals surface area contributed by atoms with Crippen LogP contribution in [0.1, 0.15) is 19.4 Å². The summed E-state index contributed by atoms with van der Waals surface area (Å²) in [5, 5.41) is 3.36. The topological polar surface area (TPSA) is 58.6 Å². The van der Waals surface area contributed by atoms with Gasteiger partial charge in [-0.05, 0) is 30.7 Å². The quantitative estimate of drug-likeness (QED) is 0.818. The van der Waals surface area contributed by atoms with Crippen molar-refractivity contribution in [3.05, 3.63) is 59.1 Å². The molecule has 0 bridgehead atoms. The molecule has 1 N–H and O–H groups in total. The zero-order valence-corrected chi connectivity index (χ0v) is 15.0. The SMILES string of the molecule is CCOc1ccccc1NC(=O)CN(Cc1ccccc1Cl)C(C)=O. The van der Waals surface area contributed by atoms with Gasteiger partial charge in [-0.3, -0.25) is 9.59 Å². The van der Waals surface area contributed by atoms with Crippen molar-refractivity contribution in [3.63, 3.8) is 0 Å². The van der Waals surface area contributed by atoms with Gasteiger partial charge in [-0.15, -0.1) is 0 Å². The number of benzene rings is 2. The lowest BCUT2D eigenvalue weighted by Gasteiger charge is -2.21. The Balaban J connectivity index is 2.06. The van der Waals surface area contributed by atoms with Crippen LogP contribution >= 0.6 is 11.6 Å². The van der Waals surface area contributed by atoms with Crippen LogP contribution in [0.25, 0.3) is 0 Å². The van der Waals surface area contributed by atoms with Gasteiger partial charge in [-0.1, -0.05) is 41.9 Å². The molecule has 132 valence electrons. The number of rotatable bonds is 7. The van der Waals surface area contributed by atoms with E-state index in [0.29, 0.717) is 23.1 Å². The van der Waals surface area contributed by atoms with Crippen molar-refractivity contribution in [1.29, 1.82) is 0 Å². The largest absolute Gasteiger partial charge is 0.492 e. The first kappa shape index (κ1) is 18.8. The van der Waals surface area contributed by atoms with Crippen molar-refractivity contribution in [2.75, 3.05) is 18.5 Å². The highest BCUT2D eigenvalue weighted by Gasteiger charge is 2.16. The molecule has 0 unspecified atom stereocenters. The Kier molecular flexibility index (Phi) is 6.83. The smallest absolute Gasteiger partial charge is 0.244 e. The predicted molar refractivity (Wildman–Crippen MR) is 98.8 cm³/mol. The van der Waals surface area contributed by atoms with Gasteiger partial charge in [-0.2, -0.15) is 0 Å². The van der Waals surface area contributed by atoms with Gasteiger partial charge in [0.2, 0.25) is 11.8 Å². The molecule has 0 aliphatic heterocycles. The lowest BCUT2D eigenvalue weighted by molar-refractivity contribution is -0.133. The summed E-state index contributed by atoms with van der Waals surface area (Å²) in [7, 11) is 0. The van der Waals surface area contributed by atoms with Crippen LogP contribution in [0.15, 0.2) is 48.5 Å². The minimum absolute atomic E-state index is 0.0684. The highest BCUT2D eigenvalue weighted by atomic mass is 35.5. The van der Waals surface area contributed by atoms with E-state index < -0.39 is 0 Å². The standard InChI is InChI=1S/C19H21ClN2O3/c1-3-25-18-11-7-6-10-17(18)21-19(24)13-22(14(2)23)12-15-8-4-5-9-16(15)20/h4-11H,3,12-13H2,1-2H3,(H,21,24). The number of nitrogens with zero attached hydrogens (tertiary/aromatic N) is 1. The maximum Gasteiger partial charge on any atom is 0.244 e. The number of nitrogens with one attached hydrogen (secondary N) is 1. The molecule has 6 heteroatoms. The number of halogens is 1. The zero-order valence-electron chi connectivity index (χ0n) is 14.3. The second-order valence-electron chi connectivity index (χ2n) is 5.44. The van der Waals surface area contributed by atoms with Crippen LogP contribution in [-0.2, 0) is 16.1 Å². The van der Waals surface area contributed by atoms with Gasteiger partial charge in [-0.25, -0.2) is 0 Å². The summed E-state index contributed by atoms with van der Waals surface area (Å²) in [6.45, 7) is 4.01. The van der Waals surface area contributed by atoms with Crippen molar-refractivity contribution in [3.8, 4) is 5.75 Å². The van der Waals surface area contributed by atoms with Gasteiger partial charge in [0, 0.05) is 18.5 Å². The first-order valence-corrected chi connectivity index (χ1v) is 8.39. The van der Waals surface area contributed by atoms with E-state index in [4.69, 9.17) is 16.3 Å². The number of ether oxygens (including phenoxy) is 1. The van der Waals surface area contributed by atoms with E-state index in [1.807, 2.05) is 37.3 Å². The Bertz CT molecular complexity index is 749. The van der Waals surface area contributed by atoms with E-state index in [9.17, 15) is 9.59 Å². The van der Waals surface area contributed by atoms with Crippen LogP contribution in [0.4, 0.5) is 5.69 Å². The summed E-state index contributed by atoms with van der Waals surface area (Å²) in [6.07, 6.45) is 0. The average Bonchev–Trinajstić information content (AvgIpc) is 2.58. The van der Waals surface area contributed by atoms with Crippen molar-refractivity contribution in [2.45, 2.75) is 20.4 Å². The lowest BCUT2D eigenvalue weighted by atomic mass is 10.2. The molecule has 0 spiro atoms. The zero-order chi connectivity index (χ0) is 18.2. The fourth-order valence-corrected chi connectivity index (χ4v) is 2.52. The number of anilines is 1. The van der Waals surface area contributed by atoms with Gasteiger partial charge < -0.3 is 15.0 Å². The Labute approximate surface area is 152 Å². The highest BCUT2D eigenvalue weighted by molar-refractivity contribution is 6.31. The molecule has 2 aromatic carbocycles. The Morgan fingerprint density at radius 3 is 2.48 bits per heavy atom. The molecule has 2 amide bonds. The van der Waals surface area contributed by atoms with Crippen molar-refractivity contribution >= 4 is 29.1 Å². The Morgan fingerprint density at radius 1 is 1.12 bits per heavy atom. The molecule has 0 fully saturated rings. The summed E-state index contributed by atoms with van der Waals surface area (Å²) in [5.74, 6) is 0.0985. The summed E-state index contributed by atoms with van der Waals surface area (Å²) in [6, 6.07) is 14.4. The maximum atomic E-state index is 12.4. The molecule has 0 aliphatic rings.